The van der Waals surface area contributed by atoms with E-state index in [0.717, 1.165) is 13.8 Å². The van der Waals surface area contributed by atoms with Crippen LogP contribution in [0.1, 0.15) is 20.3 Å². The minimum Gasteiger partial charge on any atom is -0.477 e. The average molecular weight is 798 g/mol. The van der Waals surface area contributed by atoms with E-state index >= 15 is 0 Å². The van der Waals surface area contributed by atoms with Gasteiger partial charge in [-0.2, -0.15) is 8.42 Å². The van der Waals surface area contributed by atoms with E-state index in [0.29, 0.717) is 0 Å². The predicted molar refractivity (Wildman–Crippen MR) is 165 cm³/mol. The first-order valence-corrected chi connectivity index (χ1v) is 17.4. The molecule has 3 saturated heterocycles. The van der Waals surface area contributed by atoms with Gasteiger partial charge in [0.25, 0.3) is 5.79 Å². The number of carboxylic acids is 1. The van der Waals surface area contributed by atoms with Crippen LogP contribution in [0.2, 0.25) is 0 Å². The molecule has 25 nitrogen and oxygen atoms in total. The molecule has 3 aliphatic rings. The summed E-state index contributed by atoms with van der Waals surface area (Å²) in [6.45, 7) is -1.30. The number of ether oxygens (including phenoxy) is 6. The van der Waals surface area contributed by atoms with Gasteiger partial charge in [0.15, 0.2) is 12.6 Å². The lowest BCUT2D eigenvalue weighted by Gasteiger charge is -2.51. The Hall–Kier alpha value is -2.32. The van der Waals surface area contributed by atoms with Crippen LogP contribution in [0.5, 0.6) is 0 Å². The second-order valence-corrected chi connectivity index (χ2v) is 13.5. The quantitative estimate of drug-likeness (QED) is 0.0608. The van der Waals surface area contributed by atoms with Gasteiger partial charge >= 0.3 is 16.4 Å². The number of carbonyl (C=O) groups excluding carboxylic acids is 2. The predicted octanol–water partition coefficient (Wildman–Crippen LogP) is -8.27. The molecule has 3 aliphatic heterocycles. The number of rotatable bonds is 17. The lowest BCUT2D eigenvalue weighted by Crippen LogP contribution is -2.71. The van der Waals surface area contributed by atoms with Crippen LogP contribution in [-0.4, -0.2) is 207 Å². The van der Waals surface area contributed by atoms with Crippen molar-refractivity contribution in [2.75, 3.05) is 33.0 Å². The zero-order valence-corrected chi connectivity index (χ0v) is 29.1. The highest BCUT2D eigenvalue weighted by Crippen LogP contribution is 2.38. The van der Waals surface area contributed by atoms with Crippen LogP contribution in [0.25, 0.3) is 0 Å². The van der Waals surface area contributed by atoms with Gasteiger partial charge in [-0.1, -0.05) is 0 Å². The molecule has 0 aliphatic carbocycles. The van der Waals surface area contributed by atoms with Gasteiger partial charge in [-0.25, -0.2) is 8.98 Å². The minimum atomic E-state index is -5.23. The maximum atomic E-state index is 12.8. The summed E-state index contributed by atoms with van der Waals surface area (Å²) in [5.74, 6) is -6.73. The van der Waals surface area contributed by atoms with Crippen molar-refractivity contribution in [3.63, 3.8) is 0 Å². The first-order valence-electron chi connectivity index (χ1n) is 16.0. The molecule has 0 aromatic heterocycles. The molecule has 14 N–H and O–H groups in total. The van der Waals surface area contributed by atoms with E-state index in [1.165, 1.54) is 0 Å². The highest BCUT2D eigenvalue weighted by atomic mass is 32.3. The molecule has 0 aromatic carbocycles. The highest BCUT2D eigenvalue weighted by molar-refractivity contribution is 7.80. The van der Waals surface area contributed by atoms with Gasteiger partial charge in [-0.05, 0) is 0 Å². The molecule has 53 heavy (non-hydrogen) atoms. The summed E-state index contributed by atoms with van der Waals surface area (Å²) in [6, 6.07) is -3.04. The van der Waals surface area contributed by atoms with Gasteiger partial charge in [0, 0.05) is 26.8 Å². The van der Waals surface area contributed by atoms with Crippen molar-refractivity contribution < 1.29 is 106 Å². The summed E-state index contributed by atoms with van der Waals surface area (Å²) >= 11 is 0. The van der Waals surface area contributed by atoms with Crippen LogP contribution < -0.4 is 16.4 Å². The third kappa shape index (κ3) is 11.1. The Balaban J connectivity index is 2.04. The summed E-state index contributed by atoms with van der Waals surface area (Å²) < 4.78 is 69.7. The number of hydrogen-bond acceptors (Lipinski definition) is 21. The van der Waals surface area contributed by atoms with E-state index in [1.54, 1.807) is 0 Å². The molecule has 2 amide bonds. The molecule has 3 heterocycles. The molecule has 0 radical (unpaired) electrons. The van der Waals surface area contributed by atoms with E-state index in [-0.39, 0.29) is 13.2 Å². The molecule has 0 aromatic rings. The third-order valence-electron chi connectivity index (χ3n) is 8.45. The van der Waals surface area contributed by atoms with Crippen molar-refractivity contribution in [3.05, 3.63) is 0 Å². The lowest BCUT2D eigenvalue weighted by atomic mass is 9.88. The van der Waals surface area contributed by atoms with E-state index in [4.69, 9.17) is 38.7 Å². The maximum absolute atomic E-state index is 12.8. The Labute approximate surface area is 301 Å². The Morgan fingerprint density at radius 1 is 0.925 bits per heavy atom. The van der Waals surface area contributed by atoms with Crippen LogP contribution >= 0.6 is 0 Å². The van der Waals surface area contributed by atoms with Crippen molar-refractivity contribution in [2.24, 2.45) is 5.73 Å². The number of amides is 2. The molecule has 3 rings (SSSR count). The Morgan fingerprint density at radius 3 is 2.06 bits per heavy atom. The number of nitrogens with two attached hydrogens (primary N) is 1. The standard InChI is InChI=1S/C27H47N3O22S/c1-9(33)29-15-11(35)5-27(26(41)42,51-22(15)17(37)12(36)6-31)52-23-18(38)14(8-47-53(43,44)45)49-25(20(23)40)50-21-13(7-32)48-24(46-4-3-28)16(19(21)39)30-10(2)34/h11-25,31-32,35-40H,3-8,28H2,1-2H3,(H,29,33)(H,30,34)(H,41,42)(H,43,44,45)/t11-,12+,13+,14+,15+,16+,17+,18-,19+,20+,21+,22+,23-,24+,25+,27+/m0/s1. The maximum Gasteiger partial charge on any atom is 0.397 e. The van der Waals surface area contributed by atoms with E-state index in [9.17, 15) is 68.8 Å². The zero-order valence-electron chi connectivity index (χ0n) is 28.3. The number of carboxylic acid groups (broad SMARTS) is 1. The SMILES string of the molecule is CC(=O)N[C@H]1[C@H](OCCN)O[C@H](CO)[C@@H](O[C@H]2O[C@H](COS(=O)(=O)O)[C@H](O)[C@H](O[C@@]3(C(=O)O)C[C@H](O)[C@@H](NC(C)=O)[C@H]([C@H](O)[C@H](O)CO)O3)[C@H]2O)[C@@H]1O. The van der Waals surface area contributed by atoms with Crippen LogP contribution in [0, 0.1) is 0 Å². The van der Waals surface area contributed by atoms with Crippen LogP contribution in [0.15, 0.2) is 0 Å². The average Bonchev–Trinajstić information content (AvgIpc) is 3.07. The van der Waals surface area contributed by atoms with Crippen molar-refractivity contribution >= 4 is 28.2 Å². The molecule has 16 atom stereocenters. The summed E-state index contributed by atoms with van der Waals surface area (Å²) in [5, 5.41) is 100. The van der Waals surface area contributed by atoms with Crippen molar-refractivity contribution in [1.29, 1.82) is 0 Å². The first-order chi connectivity index (χ1) is 24.7. The number of aliphatic hydroxyl groups is 8. The van der Waals surface area contributed by atoms with Gasteiger partial charge in [0.2, 0.25) is 11.8 Å². The van der Waals surface area contributed by atoms with Crippen LogP contribution in [0.4, 0.5) is 0 Å². The monoisotopic (exact) mass is 797 g/mol. The third-order valence-corrected chi connectivity index (χ3v) is 8.88. The summed E-state index contributed by atoms with van der Waals surface area (Å²) in [5.41, 5.74) is 5.47. The van der Waals surface area contributed by atoms with Gasteiger partial charge in [-0.15, -0.1) is 0 Å². The normalized spacial score (nSPS) is 39.1. The van der Waals surface area contributed by atoms with Crippen molar-refractivity contribution in [1.82, 2.24) is 10.6 Å². The van der Waals surface area contributed by atoms with Crippen LogP contribution in [-0.2, 0) is 57.4 Å². The first kappa shape index (κ1) is 45.1. The minimum absolute atomic E-state index is 0.0144. The second-order valence-electron chi connectivity index (χ2n) is 12.4. The fraction of sp³-hybridized carbons (Fsp3) is 0.889. The summed E-state index contributed by atoms with van der Waals surface area (Å²) in [4.78, 5) is 36.6. The van der Waals surface area contributed by atoms with Crippen molar-refractivity contribution in [2.45, 2.75) is 118 Å². The molecule has 0 spiro atoms. The molecular formula is C27H47N3O22S. The number of carbonyl (C=O) groups is 3. The van der Waals surface area contributed by atoms with Gasteiger partial charge in [-0.3, -0.25) is 14.1 Å². The van der Waals surface area contributed by atoms with Crippen LogP contribution in [0.3, 0.4) is 0 Å². The summed E-state index contributed by atoms with van der Waals surface area (Å²) in [6.07, 6.45) is -27.0. The number of aliphatic hydroxyl groups excluding tert-OH is 8. The summed E-state index contributed by atoms with van der Waals surface area (Å²) in [7, 11) is -5.23. The Kier molecular flexibility index (Phi) is 16.2. The molecule has 0 unspecified atom stereocenters. The van der Waals surface area contributed by atoms with E-state index < -0.39 is 152 Å². The Bertz CT molecular complexity index is 1350. The zero-order chi connectivity index (χ0) is 40.0. The Morgan fingerprint density at radius 2 is 1.53 bits per heavy atom. The van der Waals surface area contributed by atoms with Gasteiger partial charge < -0.3 is 90.7 Å². The molecule has 308 valence electrons. The molecule has 0 bridgehead atoms. The van der Waals surface area contributed by atoms with E-state index in [1.807, 2.05) is 0 Å². The smallest absolute Gasteiger partial charge is 0.397 e. The topological polar surface area (TPSA) is 402 Å². The van der Waals surface area contributed by atoms with E-state index in [2.05, 4.69) is 14.8 Å². The van der Waals surface area contributed by atoms with Gasteiger partial charge in [0.1, 0.15) is 67.1 Å². The van der Waals surface area contributed by atoms with Crippen molar-refractivity contribution in [3.8, 4) is 0 Å². The highest BCUT2D eigenvalue weighted by Gasteiger charge is 2.60. The fourth-order valence-corrected chi connectivity index (χ4v) is 6.32. The molecule has 3 fully saturated rings. The molecule has 26 heteroatoms. The largest absolute Gasteiger partial charge is 0.477 e. The molecule has 0 saturated carbocycles. The van der Waals surface area contributed by atoms with Gasteiger partial charge in [0.05, 0.1) is 38.6 Å². The number of aliphatic carboxylic acids is 1. The second kappa shape index (κ2) is 19.0. The lowest BCUT2D eigenvalue weighted by molar-refractivity contribution is -0.382. The number of hydrogen-bond donors (Lipinski definition) is 13. The molecular weight excluding hydrogens is 750 g/mol. The number of nitrogens with one attached hydrogen (secondary N) is 2. The fourth-order valence-electron chi connectivity index (χ4n) is 6.02.